The minimum absolute atomic E-state index is 0.170. The monoisotopic (exact) mass is 380 g/mol. The van der Waals surface area contributed by atoms with E-state index in [1.807, 2.05) is 56.3 Å². The fourth-order valence-electron chi connectivity index (χ4n) is 3.18. The van der Waals surface area contributed by atoms with Gasteiger partial charge in [0.15, 0.2) is 0 Å². The van der Waals surface area contributed by atoms with Gasteiger partial charge in [0.05, 0.1) is 10.7 Å². The predicted molar refractivity (Wildman–Crippen MR) is 108 cm³/mol. The van der Waals surface area contributed by atoms with Gasteiger partial charge in [-0.05, 0) is 25.5 Å². The van der Waals surface area contributed by atoms with E-state index in [-0.39, 0.29) is 5.91 Å². The molecule has 5 heteroatoms. The first-order valence-electron chi connectivity index (χ1n) is 8.37. The Bertz CT molecular complexity index is 1110. The Kier molecular flexibility index (Phi) is 4.39. The molecule has 0 amide bonds. The Morgan fingerprint density at radius 2 is 1.77 bits per heavy atom. The number of rotatable bonds is 3. The van der Waals surface area contributed by atoms with E-state index >= 15 is 0 Å². The van der Waals surface area contributed by atoms with Gasteiger partial charge in [-0.1, -0.05) is 60.1 Å². The van der Waals surface area contributed by atoms with Crippen molar-refractivity contribution in [1.82, 2.24) is 9.78 Å². The number of benzene rings is 2. The highest BCUT2D eigenvalue weighted by Gasteiger charge is 2.23. The summed E-state index contributed by atoms with van der Waals surface area (Å²) in [7, 11) is 0. The second kappa shape index (κ2) is 6.71. The molecule has 0 N–H and O–H groups in total. The smallest absolute Gasteiger partial charge is 0.266 e. The van der Waals surface area contributed by atoms with Gasteiger partial charge in [-0.25, -0.2) is 0 Å². The second-order valence-electron chi connectivity index (χ2n) is 6.27. The first-order chi connectivity index (χ1) is 12.6. The summed E-state index contributed by atoms with van der Waals surface area (Å²) in [6.07, 6.45) is 0.756. The van der Waals surface area contributed by atoms with E-state index in [0.29, 0.717) is 9.90 Å². The molecule has 0 aliphatic rings. The van der Waals surface area contributed by atoms with Crippen molar-refractivity contribution < 1.29 is 4.79 Å². The van der Waals surface area contributed by atoms with Crippen LogP contribution >= 0.6 is 22.9 Å². The number of aryl methyl sites for hydroxylation is 1. The van der Waals surface area contributed by atoms with E-state index < -0.39 is 0 Å². The van der Waals surface area contributed by atoms with E-state index in [1.165, 1.54) is 21.6 Å². The molecule has 3 nitrogen and oxygen atoms in total. The van der Waals surface area contributed by atoms with Crippen LogP contribution in [0.4, 0.5) is 0 Å². The zero-order valence-electron chi connectivity index (χ0n) is 14.5. The number of carbonyl (C=O) groups is 1. The number of thiophene rings is 1. The highest BCUT2D eigenvalue weighted by Crippen LogP contribution is 2.36. The van der Waals surface area contributed by atoms with Gasteiger partial charge in [-0.3, -0.25) is 4.79 Å². The molecular formula is C21H17ClN2OS. The van der Waals surface area contributed by atoms with Crippen LogP contribution in [-0.2, 0) is 6.42 Å². The van der Waals surface area contributed by atoms with Crippen LogP contribution in [0.5, 0.6) is 0 Å². The van der Waals surface area contributed by atoms with Gasteiger partial charge in [0.1, 0.15) is 4.88 Å². The van der Waals surface area contributed by atoms with Crippen molar-refractivity contribution in [2.75, 3.05) is 0 Å². The largest absolute Gasteiger partial charge is 0.290 e. The summed E-state index contributed by atoms with van der Waals surface area (Å²) >= 11 is 7.89. The van der Waals surface area contributed by atoms with Crippen LogP contribution < -0.4 is 0 Å². The maximum atomic E-state index is 13.1. The van der Waals surface area contributed by atoms with E-state index in [4.69, 9.17) is 11.6 Å². The zero-order chi connectivity index (χ0) is 18.3. The third-order valence-corrected chi connectivity index (χ3v) is 6.25. The van der Waals surface area contributed by atoms with Crippen LogP contribution in [-0.4, -0.2) is 15.7 Å². The summed E-state index contributed by atoms with van der Waals surface area (Å²) in [5, 5.41) is 5.93. The lowest BCUT2D eigenvalue weighted by atomic mass is 10.0. The van der Waals surface area contributed by atoms with Crippen molar-refractivity contribution in [2.45, 2.75) is 20.3 Å². The topological polar surface area (TPSA) is 34.9 Å². The minimum Gasteiger partial charge on any atom is -0.266 e. The fourth-order valence-corrected chi connectivity index (χ4v) is 4.61. The second-order valence-corrected chi connectivity index (χ2v) is 7.70. The van der Waals surface area contributed by atoms with Crippen LogP contribution in [0.15, 0.2) is 54.6 Å². The molecule has 4 aromatic rings. The lowest BCUT2D eigenvalue weighted by Crippen LogP contribution is -2.14. The number of hydrogen-bond acceptors (Lipinski definition) is 3. The maximum absolute atomic E-state index is 13.1. The van der Waals surface area contributed by atoms with Gasteiger partial charge in [0.25, 0.3) is 5.91 Å². The Labute approximate surface area is 160 Å². The number of fused-ring (bicyclic) bond motifs is 1. The molecular weight excluding hydrogens is 364 g/mol. The molecule has 2 aromatic carbocycles. The molecule has 0 radical (unpaired) electrons. The minimum atomic E-state index is -0.170. The molecule has 0 bridgehead atoms. The van der Waals surface area contributed by atoms with Crippen LogP contribution in [0, 0.1) is 13.8 Å². The maximum Gasteiger partial charge on any atom is 0.290 e. The molecule has 0 aliphatic carbocycles. The zero-order valence-corrected chi connectivity index (χ0v) is 16.1. The van der Waals surface area contributed by atoms with Crippen molar-refractivity contribution in [3.63, 3.8) is 0 Å². The van der Waals surface area contributed by atoms with Crippen molar-refractivity contribution >= 4 is 38.9 Å². The van der Waals surface area contributed by atoms with E-state index in [0.717, 1.165) is 33.5 Å². The summed E-state index contributed by atoms with van der Waals surface area (Å²) < 4.78 is 2.50. The van der Waals surface area contributed by atoms with Crippen LogP contribution in [0.1, 0.15) is 32.2 Å². The molecule has 2 aromatic heterocycles. The first kappa shape index (κ1) is 17.0. The SMILES string of the molecule is Cc1nn(C(=O)c2sc3ccccc3c2Cl)c(C)c1Cc1ccccc1. The molecule has 0 saturated heterocycles. The van der Waals surface area contributed by atoms with Crippen LogP contribution in [0.3, 0.4) is 0 Å². The molecule has 26 heavy (non-hydrogen) atoms. The Balaban J connectivity index is 1.74. The highest BCUT2D eigenvalue weighted by molar-refractivity contribution is 7.21. The average molecular weight is 381 g/mol. The normalized spacial score (nSPS) is 11.2. The molecule has 0 unspecified atom stereocenters. The highest BCUT2D eigenvalue weighted by atomic mass is 35.5. The molecule has 0 fully saturated rings. The van der Waals surface area contributed by atoms with Crippen LogP contribution in [0.2, 0.25) is 5.02 Å². The number of hydrogen-bond donors (Lipinski definition) is 0. The van der Waals surface area contributed by atoms with E-state index in [1.54, 1.807) is 0 Å². The Morgan fingerprint density at radius 3 is 2.50 bits per heavy atom. The predicted octanol–water partition coefficient (Wildman–Crippen LogP) is 5.65. The molecule has 0 aliphatic heterocycles. The van der Waals surface area contributed by atoms with E-state index in [9.17, 15) is 4.79 Å². The third kappa shape index (κ3) is 2.85. The molecule has 0 atom stereocenters. The van der Waals surface area contributed by atoms with Gasteiger partial charge >= 0.3 is 0 Å². The number of aromatic nitrogens is 2. The molecule has 130 valence electrons. The van der Waals surface area contributed by atoms with Crippen molar-refractivity contribution in [2.24, 2.45) is 0 Å². The molecule has 2 heterocycles. The van der Waals surface area contributed by atoms with E-state index in [2.05, 4.69) is 17.2 Å². The third-order valence-electron chi connectivity index (χ3n) is 4.59. The average Bonchev–Trinajstić information content (AvgIpc) is 3.14. The Hall–Kier alpha value is -2.43. The summed E-state index contributed by atoms with van der Waals surface area (Å²) in [5.41, 5.74) is 4.02. The molecule has 4 rings (SSSR count). The summed E-state index contributed by atoms with van der Waals surface area (Å²) in [5.74, 6) is -0.170. The lowest BCUT2D eigenvalue weighted by molar-refractivity contribution is 0.0946. The molecule has 0 saturated carbocycles. The van der Waals surface area contributed by atoms with Gasteiger partial charge in [0, 0.05) is 27.8 Å². The number of nitrogens with zero attached hydrogens (tertiary/aromatic N) is 2. The molecule has 0 spiro atoms. The number of carbonyl (C=O) groups excluding carboxylic acids is 1. The van der Waals surface area contributed by atoms with Gasteiger partial charge < -0.3 is 0 Å². The van der Waals surface area contributed by atoms with Crippen molar-refractivity contribution in [1.29, 1.82) is 0 Å². The lowest BCUT2D eigenvalue weighted by Gasteiger charge is -2.04. The van der Waals surface area contributed by atoms with Crippen LogP contribution in [0.25, 0.3) is 10.1 Å². The quantitative estimate of drug-likeness (QED) is 0.460. The van der Waals surface area contributed by atoms with Gasteiger partial charge in [-0.2, -0.15) is 9.78 Å². The standard InChI is InChI=1S/C21H17ClN2OS/c1-13-17(12-15-8-4-3-5-9-15)14(2)24(23-13)21(25)20-19(22)16-10-6-7-11-18(16)26-20/h3-11H,12H2,1-2H3. The summed E-state index contributed by atoms with van der Waals surface area (Å²) in [6.45, 7) is 3.89. The fraction of sp³-hybridized carbons (Fsp3) is 0.143. The van der Waals surface area contributed by atoms with Crippen molar-refractivity contribution in [3.8, 4) is 0 Å². The van der Waals surface area contributed by atoms with Gasteiger partial charge in [0.2, 0.25) is 0 Å². The Morgan fingerprint density at radius 1 is 1.08 bits per heavy atom. The summed E-state index contributed by atoms with van der Waals surface area (Å²) in [4.78, 5) is 13.6. The summed E-state index contributed by atoms with van der Waals surface area (Å²) in [6, 6.07) is 18.0. The first-order valence-corrected chi connectivity index (χ1v) is 9.56. The van der Waals surface area contributed by atoms with Crippen molar-refractivity contribution in [3.05, 3.63) is 87.0 Å². The van der Waals surface area contributed by atoms with Gasteiger partial charge in [-0.15, -0.1) is 11.3 Å². The number of halogens is 1.